The van der Waals surface area contributed by atoms with Crippen LogP contribution in [0.25, 0.3) is 11.5 Å². The van der Waals surface area contributed by atoms with Gasteiger partial charge in [-0.3, -0.25) is 4.79 Å². The molecule has 0 saturated carbocycles. The lowest BCUT2D eigenvalue weighted by Crippen LogP contribution is -2.29. The number of pyridine rings is 1. The highest BCUT2D eigenvalue weighted by atomic mass is 16.6. The van der Waals surface area contributed by atoms with E-state index >= 15 is 0 Å². The average Bonchev–Trinajstić information content (AvgIpc) is 3.36. The van der Waals surface area contributed by atoms with E-state index in [0.717, 1.165) is 5.56 Å². The quantitative estimate of drug-likeness (QED) is 0.427. The fourth-order valence-corrected chi connectivity index (χ4v) is 3.02. The van der Waals surface area contributed by atoms with Gasteiger partial charge in [0.2, 0.25) is 5.75 Å². The lowest BCUT2D eigenvalue weighted by Gasteiger charge is -2.14. The number of rotatable bonds is 7. The molecule has 0 saturated heterocycles. The van der Waals surface area contributed by atoms with Gasteiger partial charge in [0, 0.05) is 17.8 Å². The number of carbonyl (C=O) groups is 2. The van der Waals surface area contributed by atoms with Crippen LogP contribution in [0.15, 0.2) is 77.4 Å². The molecule has 4 aromatic rings. The number of hydrogen-bond acceptors (Lipinski definition) is 8. The zero-order chi connectivity index (χ0) is 23.2. The van der Waals surface area contributed by atoms with E-state index in [1.54, 1.807) is 37.3 Å². The van der Waals surface area contributed by atoms with E-state index in [-0.39, 0.29) is 23.0 Å². The van der Waals surface area contributed by atoms with Gasteiger partial charge in [-0.25, -0.2) is 9.78 Å². The number of nitrogens with zero attached hydrogens (tertiary/aromatic N) is 3. The number of nitrogens with one attached hydrogen (secondary N) is 1. The Morgan fingerprint density at radius 1 is 1.00 bits per heavy atom. The highest BCUT2D eigenvalue weighted by molar-refractivity contribution is 5.98. The first-order valence-corrected chi connectivity index (χ1v) is 10.1. The second-order valence-electron chi connectivity index (χ2n) is 6.97. The SMILES string of the molecule is COc1ccnc(C(=O)N[C@@H](C)c2noc(-c3ccccc3)n2)c1OC(=O)c1ccccc1. The van der Waals surface area contributed by atoms with Gasteiger partial charge in [0.25, 0.3) is 11.8 Å². The van der Waals surface area contributed by atoms with Gasteiger partial charge in [0.1, 0.15) is 0 Å². The van der Waals surface area contributed by atoms with Gasteiger partial charge >= 0.3 is 5.97 Å². The Hall–Kier alpha value is -4.53. The molecule has 0 bridgehead atoms. The van der Waals surface area contributed by atoms with Crippen molar-refractivity contribution in [3.8, 4) is 23.0 Å². The first-order chi connectivity index (χ1) is 16.1. The van der Waals surface area contributed by atoms with Gasteiger partial charge in [-0.1, -0.05) is 41.6 Å². The van der Waals surface area contributed by atoms with Crippen LogP contribution < -0.4 is 14.8 Å². The van der Waals surface area contributed by atoms with E-state index in [1.807, 2.05) is 30.3 Å². The summed E-state index contributed by atoms with van der Waals surface area (Å²) in [6.45, 7) is 1.70. The minimum atomic E-state index is -0.644. The fourth-order valence-electron chi connectivity index (χ4n) is 3.02. The number of aromatic nitrogens is 3. The van der Waals surface area contributed by atoms with Crippen molar-refractivity contribution in [1.82, 2.24) is 20.4 Å². The zero-order valence-electron chi connectivity index (χ0n) is 17.9. The van der Waals surface area contributed by atoms with Crippen LogP contribution in [0.2, 0.25) is 0 Å². The summed E-state index contributed by atoms with van der Waals surface area (Å²) in [6.07, 6.45) is 1.39. The molecule has 1 atom stereocenters. The smallest absolute Gasteiger partial charge is 0.343 e. The third kappa shape index (κ3) is 4.87. The Balaban J connectivity index is 1.54. The Labute approximate surface area is 189 Å². The molecule has 9 nitrogen and oxygen atoms in total. The number of methoxy groups -OCH3 is 1. The van der Waals surface area contributed by atoms with Gasteiger partial charge in [0.05, 0.1) is 18.7 Å². The summed E-state index contributed by atoms with van der Waals surface area (Å²) in [7, 11) is 1.41. The molecule has 0 aliphatic heterocycles. The summed E-state index contributed by atoms with van der Waals surface area (Å²) in [6, 6.07) is 18.6. The molecule has 2 aromatic carbocycles. The van der Waals surface area contributed by atoms with Crippen molar-refractivity contribution in [2.45, 2.75) is 13.0 Å². The number of carbonyl (C=O) groups excluding carboxylic acids is 2. The van der Waals surface area contributed by atoms with E-state index in [0.29, 0.717) is 11.5 Å². The average molecular weight is 444 g/mol. The van der Waals surface area contributed by atoms with Crippen LogP contribution in [0.3, 0.4) is 0 Å². The van der Waals surface area contributed by atoms with Gasteiger partial charge in [-0.2, -0.15) is 4.98 Å². The van der Waals surface area contributed by atoms with Crippen LogP contribution in [0, 0.1) is 0 Å². The lowest BCUT2D eigenvalue weighted by molar-refractivity contribution is 0.0725. The molecular weight excluding hydrogens is 424 g/mol. The van der Waals surface area contributed by atoms with Crippen molar-refractivity contribution in [2.75, 3.05) is 7.11 Å². The Kier molecular flexibility index (Phi) is 6.40. The maximum Gasteiger partial charge on any atom is 0.343 e. The molecule has 0 aliphatic carbocycles. The normalized spacial score (nSPS) is 11.5. The number of amides is 1. The molecule has 0 unspecified atom stereocenters. The Morgan fingerprint density at radius 3 is 2.39 bits per heavy atom. The minimum absolute atomic E-state index is 0.0864. The largest absolute Gasteiger partial charge is 0.493 e. The molecule has 166 valence electrons. The van der Waals surface area contributed by atoms with Crippen LogP contribution in [-0.4, -0.2) is 34.1 Å². The van der Waals surface area contributed by atoms with Gasteiger partial charge < -0.3 is 19.3 Å². The van der Waals surface area contributed by atoms with Gasteiger partial charge in [0.15, 0.2) is 17.3 Å². The van der Waals surface area contributed by atoms with Crippen LogP contribution in [0.4, 0.5) is 0 Å². The molecule has 0 spiro atoms. The maximum absolute atomic E-state index is 13.0. The molecule has 9 heteroatoms. The van der Waals surface area contributed by atoms with Crippen molar-refractivity contribution in [3.05, 3.63) is 90.0 Å². The van der Waals surface area contributed by atoms with Crippen molar-refractivity contribution in [2.24, 2.45) is 0 Å². The summed E-state index contributed by atoms with van der Waals surface area (Å²) in [5.74, 6) is -0.510. The second-order valence-corrected chi connectivity index (χ2v) is 6.97. The number of esters is 1. The summed E-state index contributed by atoms with van der Waals surface area (Å²) in [5, 5.41) is 6.70. The van der Waals surface area contributed by atoms with Crippen molar-refractivity contribution >= 4 is 11.9 Å². The molecule has 33 heavy (non-hydrogen) atoms. The molecular formula is C24H20N4O5. The lowest BCUT2D eigenvalue weighted by atomic mass is 10.2. The molecule has 1 amide bonds. The standard InChI is InChI=1S/C24H20N4O5/c1-15(21-27-23(33-28-21)16-9-5-3-6-10-16)26-22(29)19-20(18(31-2)13-14-25-19)32-24(30)17-11-7-4-8-12-17/h3-15H,1-2H3,(H,26,29)/t15-/m0/s1. The molecule has 0 radical (unpaired) electrons. The molecule has 1 N–H and O–H groups in total. The van der Waals surface area contributed by atoms with Crippen LogP contribution >= 0.6 is 0 Å². The molecule has 4 rings (SSSR count). The monoisotopic (exact) mass is 444 g/mol. The number of benzene rings is 2. The topological polar surface area (TPSA) is 116 Å². The van der Waals surface area contributed by atoms with Crippen LogP contribution in [-0.2, 0) is 0 Å². The van der Waals surface area contributed by atoms with Crippen LogP contribution in [0.1, 0.15) is 39.6 Å². The number of hydrogen-bond donors (Lipinski definition) is 1. The predicted molar refractivity (Wildman–Crippen MR) is 118 cm³/mol. The summed E-state index contributed by atoms with van der Waals surface area (Å²) in [4.78, 5) is 34.0. The second kappa shape index (κ2) is 9.73. The van der Waals surface area contributed by atoms with Crippen molar-refractivity contribution < 1.29 is 23.6 Å². The maximum atomic E-state index is 13.0. The molecule has 2 aromatic heterocycles. The highest BCUT2D eigenvalue weighted by Gasteiger charge is 2.25. The summed E-state index contributed by atoms with van der Waals surface area (Å²) in [5.41, 5.74) is 0.972. The zero-order valence-corrected chi connectivity index (χ0v) is 17.9. The minimum Gasteiger partial charge on any atom is -0.493 e. The predicted octanol–water partition coefficient (Wildman–Crippen LogP) is 3.85. The highest BCUT2D eigenvalue weighted by Crippen LogP contribution is 2.31. The molecule has 0 fully saturated rings. The van der Waals surface area contributed by atoms with Gasteiger partial charge in [-0.05, 0) is 31.2 Å². The van der Waals surface area contributed by atoms with E-state index in [2.05, 4.69) is 20.4 Å². The van der Waals surface area contributed by atoms with Gasteiger partial charge in [-0.15, -0.1) is 0 Å². The van der Waals surface area contributed by atoms with E-state index in [4.69, 9.17) is 14.0 Å². The summed E-state index contributed by atoms with van der Waals surface area (Å²) < 4.78 is 16.1. The third-order valence-corrected chi connectivity index (χ3v) is 4.71. The molecule has 0 aliphatic rings. The van der Waals surface area contributed by atoms with E-state index in [9.17, 15) is 9.59 Å². The number of ether oxygens (including phenoxy) is 2. The van der Waals surface area contributed by atoms with E-state index < -0.39 is 17.9 Å². The fraction of sp³-hybridized carbons (Fsp3) is 0.125. The summed E-state index contributed by atoms with van der Waals surface area (Å²) >= 11 is 0. The van der Waals surface area contributed by atoms with Crippen LogP contribution in [0.5, 0.6) is 11.5 Å². The van der Waals surface area contributed by atoms with Crippen molar-refractivity contribution in [3.63, 3.8) is 0 Å². The Morgan fingerprint density at radius 2 is 1.70 bits per heavy atom. The Bertz CT molecular complexity index is 1260. The first kappa shape index (κ1) is 21.7. The van der Waals surface area contributed by atoms with Crippen molar-refractivity contribution in [1.29, 1.82) is 0 Å². The molecule has 2 heterocycles. The first-order valence-electron chi connectivity index (χ1n) is 10.1. The third-order valence-electron chi connectivity index (χ3n) is 4.71. The van der Waals surface area contributed by atoms with E-state index in [1.165, 1.54) is 19.4 Å².